The van der Waals surface area contributed by atoms with E-state index in [0.717, 1.165) is 37.9 Å². The molecule has 116 valence electrons. The number of likely N-dealkylation sites (tertiary alicyclic amines) is 2. The number of nitrogens with two attached hydrogens (primary N) is 1. The molecule has 4 nitrogen and oxygen atoms in total. The lowest BCUT2D eigenvalue weighted by Crippen LogP contribution is -2.38. The Bertz CT molecular complexity index is 295. The summed E-state index contributed by atoms with van der Waals surface area (Å²) in [5.41, 5.74) is 6.12. The molecule has 0 spiro atoms. The molecule has 2 aliphatic rings. The third kappa shape index (κ3) is 5.31. The lowest BCUT2D eigenvalue weighted by Gasteiger charge is -2.30. The molecule has 0 saturated carbocycles. The molecule has 0 aliphatic carbocycles. The maximum absolute atomic E-state index is 6.12. The zero-order valence-electron chi connectivity index (χ0n) is 13.2. The van der Waals surface area contributed by atoms with E-state index in [9.17, 15) is 0 Å². The molecule has 0 amide bonds. The van der Waals surface area contributed by atoms with Gasteiger partial charge in [-0.15, -0.1) is 0 Å². The second-order valence-electron chi connectivity index (χ2n) is 6.54. The highest BCUT2D eigenvalue weighted by atomic mass is 15.2. The fraction of sp³-hybridized carbons (Fsp3) is 0.938. The summed E-state index contributed by atoms with van der Waals surface area (Å²) in [4.78, 5) is 9.45. The second kappa shape index (κ2) is 8.50. The van der Waals surface area contributed by atoms with E-state index in [0.29, 0.717) is 0 Å². The number of rotatable bonds is 4. The molecule has 2 rings (SSSR count). The van der Waals surface area contributed by atoms with Gasteiger partial charge in [0.05, 0.1) is 0 Å². The van der Waals surface area contributed by atoms with Crippen molar-refractivity contribution in [3.8, 4) is 0 Å². The Hall–Kier alpha value is -0.770. The number of aliphatic imine (C=N–C) groups is 1. The minimum Gasteiger partial charge on any atom is -0.370 e. The number of piperidine rings is 1. The van der Waals surface area contributed by atoms with E-state index >= 15 is 0 Å². The summed E-state index contributed by atoms with van der Waals surface area (Å²) >= 11 is 0. The van der Waals surface area contributed by atoms with E-state index in [1.165, 1.54) is 58.2 Å². The predicted molar refractivity (Wildman–Crippen MR) is 86.0 cm³/mol. The largest absolute Gasteiger partial charge is 0.370 e. The number of nitrogens with zero attached hydrogens (tertiary/aromatic N) is 3. The van der Waals surface area contributed by atoms with Crippen LogP contribution in [-0.4, -0.2) is 55.0 Å². The number of hydrogen-bond acceptors (Lipinski definition) is 2. The maximum Gasteiger partial charge on any atom is 0.191 e. The van der Waals surface area contributed by atoms with Crippen molar-refractivity contribution in [2.24, 2.45) is 16.6 Å². The summed E-state index contributed by atoms with van der Waals surface area (Å²) in [6.07, 6.45) is 9.12. The van der Waals surface area contributed by atoms with Gasteiger partial charge in [0.2, 0.25) is 0 Å². The molecule has 2 fully saturated rings. The third-order valence-electron chi connectivity index (χ3n) is 4.58. The summed E-state index contributed by atoms with van der Waals surface area (Å²) in [6.45, 7) is 9.16. The number of guanidine groups is 1. The highest BCUT2D eigenvalue weighted by Gasteiger charge is 2.15. The van der Waals surface area contributed by atoms with Gasteiger partial charge in [-0.3, -0.25) is 4.99 Å². The second-order valence-corrected chi connectivity index (χ2v) is 6.54. The summed E-state index contributed by atoms with van der Waals surface area (Å²) in [6, 6.07) is 0. The van der Waals surface area contributed by atoms with Crippen LogP contribution in [0.1, 0.15) is 51.9 Å². The van der Waals surface area contributed by atoms with Crippen LogP contribution in [0.4, 0.5) is 0 Å². The van der Waals surface area contributed by atoms with Gasteiger partial charge in [-0.1, -0.05) is 19.8 Å². The molecule has 0 aromatic carbocycles. The molecule has 20 heavy (non-hydrogen) atoms. The smallest absolute Gasteiger partial charge is 0.191 e. The highest BCUT2D eigenvalue weighted by molar-refractivity contribution is 5.78. The average Bonchev–Trinajstić information content (AvgIpc) is 2.72. The number of hydrogen-bond donors (Lipinski definition) is 1. The van der Waals surface area contributed by atoms with Gasteiger partial charge >= 0.3 is 0 Å². The molecular weight excluding hydrogens is 248 g/mol. The summed E-state index contributed by atoms with van der Waals surface area (Å²) in [7, 11) is 0. The molecule has 2 heterocycles. The van der Waals surface area contributed by atoms with Gasteiger partial charge < -0.3 is 15.5 Å². The quantitative estimate of drug-likeness (QED) is 0.488. The molecule has 0 bridgehead atoms. The van der Waals surface area contributed by atoms with Crippen LogP contribution in [0, 0.1) is 5.92 Å². The van der Waals surface area contributed by atoms with Crippen LogP contribution in [0.2, 0.25) is 0 Å². The molecule has 2 saturated heterocycles. The zero-order valence-corrected chi connectivity index (χ0v) is 13.2. The van der Waals surface area contributed by atoms with Gasteiger partial charge in [0.1, 0.15) is 0 Å². The Morgan fingerprint density at radius 1 is 1.10 bits per heavy atom. The van der Waals surface area contributed by atoms with Crippen molar-refractivity contribution in [2.75, 3.05) is 39.3 Å². The lowest BCUT2D eigenvalue weighted by atomic mass is 10.0. The molecule has 1 atom stereocenters. The van der Waals surface area contributed by atoms with E-state index in [1.54, 1.807) is 0 Å². The van der Waals surface area contributed by atoms with E-state index in [-0.39, 0.29) is 0 Å². The molecule has 1 unspecified atom stereocenters. The van der Waals surface area contributed by atoms with E-state index in [2.05, 4.69) is 21.7 Å². The first kappa shape index (κ1) is 15.6. The first-order valence-electron chi connectivity index (χ1n) is 8.53. The van der Waals surface area contributed by atoms with Crippen LogP contribution in [0.15, 0.2) is 4.99 Å². The van der Waals surface area contributed by atoms with Crippen LogP contribution in [0.25, 0.3) is 0 Å². The molecule has 0 aromatic rings. The lowest BCUT2D eigenvalue weighted by molar-refractivity contribution is 0.183. The van der Waals surface area contributed by atoms with Crippen molar-refractivity contribution < 1.29 is 0 Å². The third-order valence-corrected chi connectivity index (χ3v) is 4.58. The van der Waals surface area contributed by atoms with Crippen LogP contribution >= 0.6 is 0 Å². The molecular formula is C16H32N4. The molecule has 2 N–H and O–H groups in total. The highest BCUT2D eigenvalue weighted by Crippen LogP contribution is 2.15. The minimum atomic E-state index is 0.777. The zero-order chi connectivity index (χ0) is 14.2. The summed E-state index contributed by atoms with van der Waals surface area (Å²) in [5.74, 6) is 1.65. The Labute approximate surface area is 124 Å². The molecule has 2 aliphatic heterocycles. The normalized spacial score (nSPS) is 26.6. The fourth-order valence-electron chi connectivity index (χ4n) is 3.38. The van der Waals surface area contributed by atoms with Gasteiger partial charge in [-0.25, -0.2) is 0 Å². The van der Waals surface area contributed by atoms with Gasteiger partial charge in [0, 0.05) is 26.2 Å². The van der Waals surface area contributed by atoms with E-state index in [1.807, 2.05) is 0 Å². The van der Waals surface area contributed by atoms with Gasteiger partial charge in [0.25, 0.3) is 0 Å². The van der Waals surface area contributed by atoms with Crippen LogP contribution in [-0.2, 0) is 0 Å². The van der Waals surface area contributed by atoms with Crippen molar-refractivity contribution in [2.45, 2.75) is 51.9 Å². The summed E-state index contributed by atoms with van der Waals surface area (Å²) in [5, 5.41) is 0. The molecule has 0 radical (unpaired) electrons. The first-order chi connectivity index (χ1) is 9.75. The SMILES string of the molecule is CC1CCCN(CCCN=C(N)N2CCCCCC2)C1. The van der Waals surface area contributed by atoms with Crippen molar-refractivity contribution >= 4 is 5.96 Å². The van der Waals surface area contributed by atoms with Gasteiger partial charge in [-0.2, -0.15) is 0 Å². The van der Waals surface area contributed by atoms with Crippen molar-refractivity contribution in [1.29, 1.82) is 0 Å². The minimum absolute atomic E-state index is 0.777. The molecule has 0 aromatic heterocycles. The van der Waals surface area contributed by atoms with Crippen molar-refractivity contribution in [3.05, 3.63) is 0 Å². The Kier molecular flexibility index (Phi) is 6.64. The van der Waals surface area contributed by atoms with Crippen LogP contribution < -0.4 is 5.73 Å². The monoisotopic (exact) mass is 280 g/mol. The summed E-state index contributed by atoms with van der Waals surface area (Å²) < 4.78 is 0. The van der Waals surface area contributed by atoms with Crippen LogP contribution in [0.3, 0.4) is 0 Å². The Morgan fingerprint density at radius 3 is 2.55 bits per heavy atom. The molecule has 4 heteroatoms. The van der Waals surface area contributed by atoms with E-state index in [4.69, 9.17) is 5.73 Å². The topological polar surface area (TPSA) is 44.9 Å². The maximum atomic E-state index is 6.12. The van der Waals surface area contributed by atoms with E-state index < -0.39 is 0 Å². The van der Waals surface area contributed by atoms with Crippen LogP contribution in [0.5, 0.6) is 0 Å². The Balaban J connectivity index is 1.64. The predicted octanol–water partition coefficient (Wildman–Crippen LogP) is 2.30. The fourth-order valence-corrected chi connectivity index (χ4v) is 3.38. The Morgan fingerprint density at radius 2 is 1.85 bits per heavy atom. The van der Waals surface area contributed by atoms with Crippen molar-refractivity contribution in [3.63, 3.8) is 0 Å². The van der Waals surface area contributed by atoms with Crippen molar-refractivity contribution in [1.82, 2.24) is 9.80 Å². The first-order valence-corrected chi connectivity index (χ1v) is 8.53. The standard InChI is InChI=1S/C16H32N4/c1-15-8-6-10-19(14-15)11-7-9-18-16(17)20-12-4-2-3-5-13-20/h15H,2-14H2,1H3,(H2,17,18). The average molecular weight is 280 g/mol. The van der Waals surface area contributed by atoms with Gasteiger partial charge in [0.15, 0.2) is 5.96 Å². The van der Waals surface area contributed by atoms with Gasteiger partial charge in [-0.05, 0) is 51.1 Å².